The lowest BCUT2D eigenvalue weighted by atomic mass is 10.2. The summed E-state index contributed by atoms with van der Waals surface area (Å²) < 4.78 is 20.8. The van der Waals surface area contributed by atoms with E-state index in [9.17, 15) is 4.79 Å². The van der Waals surface area contributed by atoms with Gasteiger partial charge in [0.1, 0.15) is 13.2 Å². The molecular formula is C9H16O5. The van der Waals surface area contributed by atoms with Crippen molar-refractivity contribution in [1.29, 1.82) is 0 Å². The Hall–Kier alpha value is -0.650. The first-order valence-electron chi connectivity index (χ1n) is 4.52. The number of carbonyl (C=O) groups excluding carboxylic acids is 1. The summed E-state index contributed by atoms with van der Waals surface area (Å²) in [5, 5.41) is 0. The highest BCUT2D eigenvalue weighted by Gasteiger charge is 2.37. The van der Waals surface area contributed by atoms with Crippen LogP contribution in [0, 0.1) is 0 Å². The molecule has 0 aromatic rings. The maximum atomic E-state index is 10.6. The third-order valence-electron chi connectivity index (χ3n) is 2.04. The van der Waals surface area contributed by atoms with Gasteiger partial charge in [-0.15, -0.1) is 0 Å². The van der Waals surface area contributed by atoms with Crippen molar-refractivity contribution in [2.45, 2.75) is 25.7 Å². The quantitative estimate of drug-likeness (QED) is 0.620. The Kier molecular flexibility index (Phi) is 3.86. The summed E-state index contributed by atoms with van der Waals surface area (Å²) in [7, 11) is 1.50. The second-order valence-electron chi connectivity index (χ2n) is 3.33. The monoisotopic (exact) mass is 204 g/mol. The molecule has 0 aliphatic carbocycles. The molecule has 1 rings (SSSR count). The predicted molar refractivity (Wildman–Crippen MR) is 47.7 cm³/mol. The summed E-state index contributed by atoms with van der Waals surface area (Å²) in [4.78, 5) is 10.6. The van der Waals surface area contributed by atoms with Crippen molar-refractivity contribution in [3.63, 3.8) is 0 Å². The summed E-state index contributed by atoms with van der Waals surface area (Å²) in [6, 6.07) is 0. The highest BCUT2D eigenvalue weighted by molar-refractivity contribution is 5.65. The molecule has 0 saturated carbocycles. The second-order valence-corrected chi connectivity index (χ2v) is 3.33. The Bertz CT molecular complexity index is 195. The average Bonchev–Trinajstić information content (AvgIpc) is 2.18. The van der Waals surface area contributed by atoms with E-state index in [0.29, 0.717) is 6.61 Å². The van der Waals surface area contributed by atoms with Gasteiger partial charge in [-0.05, 0) is 6.92 Å². The van der Waals surface area contributed by atoms with E-state index in [1.807, 2.05) is 6.92 Å². The lowest BCUT2D eigenvalue weighted by Crippen LogP contribution is -2.51. The van der Waals surface area contributed by atoms with Gasteiger partial charge in [0.15, 0.2) is 0 Å². The van der Waals surface area contributed by atoms with Crippen LogP contribution < -0.4 is 0 Å². The SMILES string of the molecule is COC1(COC(C)=O)COC(C)CO1. The smallest absolute Gasteiger partial charge is 0.302 e. The molecule has 1 heterocycles. The standard InChI is InChI=1S/C9H16O5/c1-7-4-14-9(11-3,5-12-7)6-13-8(2)10/h7H,4-6H2,1-3H3. The fourth-order valence-electron chi connectivity index (χ4n) is 1.10. The minimum Gasteiger partial charge on any atom is -0.460 e. The lowest BCUT2D eigenvalue weighted by Gasteiger charge is -2.37. The van der Waals surface area contributed by atoms with E-state index in [1.54, 1.807) is 0 Å². The van der Waals surface area contributed by atoms with Gasteiger partial charge in [0.2, 0.25) is 5.79 Å². The Morgan fingerprint density at radius 3 is 2.79 bits per heavy atom. The highest BCUT2D eigenvalue weighted by atomic mass is 16.7. The van der Waals surface area contributed by atoms with Crippen LogP contribution in [0.5, 0.6) is 0 Å². The first kappa shape index (κ1) is 11.4. The molecule has 2 atom stereocenters. The number of esters is 1. The molecule has 1 saturated heterocycles. The van der Waals surface area contributed by atoms with E-state index in [1.165, 1.54) is 14.0 Å². The number of ether oxygens (including phenoxy) is 4. The van der Waals surface area contributed by atoms with Crippen molar-refractivity contribution in [3.8, 4) is 0 Å². The molecule has 14 heavy (non-hydrogen) atoms. The molecule has 0 N–H and O–H groups in total. The molecule has 1 aliphatic heterocycles. The number of methoxy groups -OCH3 is 1. The molecular weight excluding hydrogens is 188 g/mol. The molecule has 0 aromatic heterocycles. The van der Waals surface area contributed by atoms with Gasteiger partial charge in [0.25, 0.3) is 0 Å². The Morgan fingerprint density at radius 2 is 2.36 bits per heavy atom. The minimum absolute atomic E-state index is 0.0515. The van der Waals surface area contributed by atoms with Gasteiger partial charge in [0, 0.05) is 14.0 Å². The summed E-state index contributed by atoms with van der Waals surface area (Å²) in [6.07, 6.45) is 0.0515. The average molecular weight is 204 g/mol. The van der Waals surface area contributed by atoms with E-state index < -0.39 is 5.79 Å². The van der Waals surface area contributed by atoms with Gasteiger partial charge in [-0.2, -0.15) is 0 Å². The number of hydrogen-bond donors (Lipinski definition) is 0. The molecule has 0 radical (unpaired) electrons. The van der Waals surface area contributed by atoms with Crippen LogP contribution in [-0.4, -0.2) is 44.8 Å². The maximum absolute atomic E-state index is 10.6. The fourth-order valence-corrected chi connectivity index (χ4v) is 1.10. The van der Waals surface area contributed by atoms with Crippen molar-refractivity contribution in [2.24, 2.45) is 0 Å². The van der Waals surface area contributed by atoms with Gasteiger partial charge in [0.05, 0.1) is 12.7 Å². The van der Waals surface area contributed by atoms with Crippen molar-refractivity contribution in [3.05, 3.63) is 0 Å². The van der Waals surface area contributed by atoms with Crippen LogP contribution in [0.1, 0.15) is 13.8 Å². The van der Waals surface area contributed by atoms with Crippen LogP contribution in [0.15, 0.2) is 0 Å². The normalized spacial score (nSPS) is 32.6. The fraction of sp³-hybridized carbons (Fsp3) is 0.889. The molecule has 0 amide bonds. The van der Waals surface area contributed by atoms with Crippen LogP contribution in [0.3, 0.4) is 0 Å². The Balaban J connectivity index is 2.45. The van der Waals surface area contributed by atoms with Gasteiger partial charge in [-0.3, -0.25) is 4.79 Å². The Labute approximate surface area is 83.3 Å². The largest absolute Gasteiger partial charge is 0.460 e. The number of carbonyl (C=O) groups is 1. The van der Waals surface area contributed by atoms with Crippen molar-refractivity contribution < 1.29 is 23.7 Å². The van der Waals surface area contributed by atoms with Crippen LogP contribution in [0.2, 0.25) is 0 Å². The van der Waals surface area contributed by atoms with Crippen LogP contribution in [0.25, 0.3) is 0 Å². The topological polar surface area (TPSA) is 54.0 Å². The number of rotatable bonds is 3. The van der Waals surface area contributed by atoms with E-state index in [2.05, 4.69) is 0 Å². The van der Waals surface area contributed by atoms with Gasteiger partial charge >= 0.3 is 5.97 Å². The zero-order valence-electron chi connectivity index (χ0n) is 8.74. The zero-order valence-corrected chi connectivity index (χ0v) is 8.74. The third kappa shape index (κ3) is 2.94. The van der Waals surface area contributed by atoms with Crippen molar-refractivity contribution in [1.82, 2.24) is 0 Å². The lowest BCUT2D eigenvalue weighted by molar-refractivity contribution is -0.310. The van der Waals surface area contributed by atoms with Gasteiger partial charge in [-0.25, -0.2) is 0 Å². The predicted octanol–water partition coefficient (Wildman–Crippen LogP) is 0.327. The van der Waals surface area contributed by atoms with E-state index in [-0.39, 0.29) is 25.3 Å². The molecule has 5 heteroatoms. The van der Waals surface area contributed by atoms with Crippen molar-refractivity contribution in [2.75, 3.05) is 26.9 Å². The van der Waals surface area contributed by atoms with Crippen LogP contribution in [0.4, 0.5) is 0 Å². The summed E-state index contributed by atoms with van der Waals surface area (Å²) >= 11 is 0. The zero-order chi connectivity index (χ0) is 10.6. The molecule has 5 nitrogen and oxygen atoms in total. The second kappa shape index (κ2) is 4.72. The third-order valence-corrected chi connectivity index (χ3v) is 2.04. The summed E-state index contributed by atoms with van der Waals surface area (Å²) in [6.45, 7) is 4.03. The molecule has 0 spiro atoms. The van der Waals surface area contributed by atoms with Crippen LogP contribution >= 0.6 is 0 Å². The first-order chi connectivity index (χ1) is 6.58. The van der Waals surface area contributed by atoms with E-state index in [4.69, 9.17) is 18.9 Å². The summed E-state index contributed by atoms with van der Waals surface area (Å²) in [5.41, 5.74) is 0. The maximum Gasteiger partial charge on any atom is 0.302 e. The molecule has 0 aromatic carbocycles. The molecule has 1 fully saturated rings. The number of hydrogen-bond acceptors (Lipinski definition) is 5. The molecule has 0 bridgehead atoms. The van der Waals surface area contributed by atoms with E-state index >= 15 is 0 Å². The molecule has 82 valence electrons. The van der Waals surface area contributed by atoms with Gasteiger partial charge < -0.3 is 18.9 Å². The Morgan fingerprint density at radius 1 is 1.64 bits per heavy atom. The summed E-state index contributed by atoms with van der Waals surface area (Å²) in [5.74, 6) is -1.29. The van der Waals surface area contributed by atoms with Gasteiger partial charge in [-0.1, -0.05) is 0 Å². The molecule has 2 unspecified atom stereocenters. The first-order valence-corrected chi connectivity index (χ1v) is 4.52. The highest BCUT2D eigenvalue weighted by Crippen LogP contribution is 2.20. The van der Waals surface area contributed by atoms with E-state index in [0.717, 1.165) is 0 Å². The minimum atomic E-state index is -0.932. The van der Waals surface area contributed by atoms with Crippen molar-refractivity contribution >= 4 is 5.97 Å². The molecule has 1 aliphatic rings. The van der Waals surface area contributed by atoms with Crippen LogP contribution in [-0.2, 0) is 23.7 Å².